The second-order valence-corrected chi connectivity index (χ2v) is 8.89. The Labute approximate surface area is 181 Å². The molecule has 0 saturated heterocycles. The molecule has 4 aromatic carbocycles. The summed E-state index contributed by atoms with van der Waals surface area (Å²) in [6, 6.07) is 26.7. The summed E-state index contributed by atoms with van der Waals surface area (Å²) in [7, 11) is -3.74. The Morgan fingerprint density at radius 3 is 2.23 bits per heavy atom. The third-order valence-corrected chi connectivity index (χ3v) is 6.62. The minimum absolute atomic E-state index is 0.236. The van der Waals surface area contributed by atoms with Crippen LogP contribution in [0.1, 0.15) is 21.5 Å². The number of rotatable bonds is 7. The summed E-state index contributed by atoms with van der Waals surface area (Å²) in [6.45, 7) is 0. The van der Waals surface area contributed by atoms with Gasteiger partial charge in [0, 0.05) is 11.1 Å². The third-order valence-electron chi connectivity index (χ3n) is 5.18. The highest BCUT2D eigenvalue weighted by molar-refractivity contribution is 7.93. The van der Waals surface area contributed by atoms with E-state index in [1.165, 1.54) is 0 Å². The summed E-state index contributed by atoms with van der Waals surface area (Å²) in [5, 5.41) is 10.8. The van der Waals surface area contributed by atoms with E-state index < -0.39 is 16.0 Å². The van der Waals surface area contributed by atoms with Crippen LogP contribution in [-0.4, -0.2) is 19.5 Å². The highest BCUT2D eigenvalue weighted by Gasteiger charge is 2.17. The Balaban J connectivity index is 1.49. The van der Waals surface area contributed by atoms with E-state index in [1.54, 1.807) is 42.5 Å². The first kappa shape index (κ1) is 20.6. The number of hydrogen-bond donors (Lipinski definition) is 2. The Hall–Kier alpha value is -3.64. The van der Waals surface area contributed by atoms with Gasteiger partial charge in [0.1, 0.15) is 0 Å². The molecule has 0 radical (unpaired) electrons. The Bertz CT molecular complexity index is 1340. The average molecular weight is 432 g/mol. The summed E-state index contributed by atoms with van der Waals surface area (Å²) in [4.78, 5) is 11.6. The molecule has 5 nitrogen and oxygen atoms in total. The van der Waals surface area contributed by atoms with Crippen molar-refractivity contribution in [2.45, 2.75) is 17.7 Å². The molecule has 0 aromatic heterocycles. The van der Waals surface area contributed by atoms with Crippen LogP contribution in [0.3, 0.4) is 0 Å². The number of carbonyl (C=O) groups is 1. The van der Waals surface area contributed by atoms with E-state index >= 15 is 0 Å². The van der Waals surface area contributed by atoms with Gasteiger partial charge in [0.15, 0.2) is 0 Å². The molecule has 0 amide bonds. The van der Waals surface area contributed by atoms with Gasteiger partial charge in [-0.15, -0.1) is 0 Å². The number of fused-ring (bicyclic) bond motifs is 1. The predicted octanol–water partition coefficient (Wildman–Crippen LogP) is 5.12. The Morgan fingerprint density at radius 1 is 0.774 bits per heavy atom. The molecule has 4 rings (SSSR count). The largest absolute Gasteiger partial charge is 0.478 e. The molecule has 0 bridgehead atoms. The second kappa shape index (κ2) is 8.62. The summed E-state index contributed by atoms with van der Waals surface area (Å²) in [6.07, 6.45) is 1.24. The highest BCUT2D eigenvalue weighted by atomic mass is 32.2. The van der Waals surface area contributed by atoms with Crippen LogP contribution in [-0.2, 0) is 22.9 Å². The normalized spacial score (nSPS) is 11.4. The number of anilines is 1. The van der Waals surface area contributed by atoms with Crippen molar-refractivity contribution in [3.63, 3.8) is 0 Å². The van der Waals surface area contributed by atoms with Gasteiger partial charge < -0.3 is 5.11 Å². The molecule has 6 heteroatoms. The number of aryl methyl sites for hydroxylation is 2. The monoisotopic (exact) mass is 431 g/mol. The first-order valence-corrected chi connectivity index (χ1v) is 11.3. The molecule has 0 aliphatic rings. The lowest BCUT2D eigenvalue weighted by molar-refractivity contribution is 0.0695. The van der Waals surface area contributed by atoms with Crippen LogP contribution in [0.5, 0.6) is 0 Å². The SMILES string of the molecule is O=C(O)c1ccccc1CCc1ccc(NS(=O)(=O)c2cccc3ccccc23)cc1. The number of nitrogens with one attached hydrogen (secondary N) is 1. The van der Waals surface area contributed by atoms with Crippen LogP contribution in [0.25, 0.3) is 10.8 Å². The molecule has 0 saturated carbocycles. The lowest BCUT2D eigenvalue weighted by Crippen LogP contribution is -2.13. The maximum absolute atomic E-state index is 12.9. The lowest BCUT2D eigenvalue weighted by atomic mass is 10.00. The molecule has 0 unspecified atom stereocenters. The zero-order valence-electron chi connectivity index (χ0n) is 16.7. The van der Waals surface area contributed by atoms with E-state index in [0.717, 1.165) is 16.5 Å². The van der Waals surface area contributed by atoms with Gasteiger partial charge >= 0.3 is 5.97 Å². The van der Waals surface area contributed by atoms with Gasteiger partial charge in [-0.05, 0) is 53.6 Å². The van der Waals surface area contributed by atoms with Crippen LogP contribution < -0.4 is 4.72 Å². The molecule has 0 aliphatic carbocycles. The van der Waals surface area contributed by atoms with Gasteiger partial charge in [-0.3, -0.25) is 4.72 Å². The average Bonchev–Trinajstić information content (AvgIpc) is 2.78. The molecule has 0 spiro atoms. The molecule has 31 heavy (non-hydrogen) atoms. The van der Waals surface area contributed by atoms with Crippen molar-refractivity contribution in [2.75, 3.05) is 4.72 Å². The van der Waals surface area contributed by atoms with E-state index in [4.69, 9.17) is 0 Å². The molecule has 0 aliphatic heterocycles. The van der Waals surface area contributed by atoms with Crippen molar-refractivity contribution in [1.82, 2.24) is 0 Å². The summed E-state index contributed by atoms with van der Waals surface area (Å²) < 4.78 is 28.5. The number of carboxylic acid groups (broad SMARTS) is 1. The molecular formula is C25H21NO4S. The van der Waals surface area contributed by atoms with E-state index in [9.17, 15) is 18.3 Å². The highest BCUT2D eigenvalue weighted by Crippen LogP contribution is 2.25. The molecule has 4 aromatic rings. The smallest absolute Gasteiger partial charge is 0.335 e. The van der Waals surface area contributed by atoms with E-state index in [2.05, 4.69) is 4.72 Å². The molecule has 2 N–H and O–H groups in total. The molecule has 0 atom stereocenters. The minimum Gasteiger partial charge on any atom is -0.478 e. The van der Waals surface area contributed by atoms with Gasteiger partial charge in [0.25, 0.3) is 10.0 Å². The predicted molar refractivity (Wildman–Crippen MR) is 122 cm³/mol. The topological polar surface area (TPSA) is 83.5 Å². The maximum atomic E-state index is 12.9. The van der Waals surface area contributed by atoms with Gasteiger partial charge in [0.05, 0.1) is 10.5 Å². The Kier molecular flexibility index (Phi) is 5.73. The van der Waals surface area contributed by atoms with Crippen molar-refractivity contribution >= 4 is 32.5 Å². The van der Waals surface area contributed by atoms with Crippen molar-refractivity contribution in [3.05, 3.63) is 108 Å². The quantitative estimate of drug-likeness (QED) is 0.425. The molecule has 0 fully saturated rings. The summed E-state index contributed by atoms with van der Waals surface area (Å²) in [5.41, 5.74) is 2.55. The Morgan fingerprint density at radius 2 is 1.45 bits per heavy atom. The fraction of sp³-hybridized carbons (Fsp3) is 0.0800. The third kappa shape index (κ3) is 4.59. The van der Waals surface area contributed by atoms with Crippen LogP contribution in [0.15, 0.2) is 95.9 Å². The standard InChI is InChI=1S/C25H21NO4S/c27-25(28)23-10-4-2-7-20(23)15-12-18-13-16-21(17-14-18)26-31(29,30)24-11-5-8-19-6-1-3-9-22(19)24/h1-11,13-14,16-17,26H,12,15H2,(H,27,28). The number of aromatic carboxylic acids is 1. The maximum Gasteiger partial charge on any atom is 0.335 e. The van der Waals surface area contributed by atoms with Gasteiger partial charge in [-0.25, -0.2) is 13.2 Å². The van der Waals surface area contributed by atoms with Crippen LogP contribution in [0.2, 0.25) is 0 Å². The van der Waals surface area contributed by atoms with Crippen LogP contribution >= 0.6 is 0 Å². The summed E-state index contributed by atoms with van der Waals surface area (Å²) in [5.74, 6) is -0.936. The number of hydrogen-bond acceptors (Lipinski definition) is 3. The molecule has 156 valence electrons. The fourth-order valence-corrected chi connectivity index (χ4v) is 4.90. The van der Waals surface area contributed by atoms with Crippen LogP contribution in [0, 0.1) is 0 Å². The zero-order chi connectivity index (χ0) is 21.8. The second-order valence-electron chi connectivity index (χ2n) is 7.24. The first-order chi connectivity index (χ1) is 14.9. The van der Waals surface area contributed by atoms with E-state index in [1.807, 2.05) is 48.5 Å². The van der Waals surface area contributed by atoms with Crippen LogP contribution in [0.4, 0.5) is 5.69 Å². The molecular weight excluding hydrogens is 410 g/mol. The number of benzene rings is 4. The first-order valence-electron chi connectivity index (χ1n) is 9.85. The van der Waals surface area contributed by atoms with E-state index in [0.29, 0.717) is 29.5 Å². The molecule has 0 heterocycles. The fourth-order valence-electron chi connectivity index (χ4n) is 3.61. The number of carboxylic acids is 1. The van der Waals surface area contributed by atoms with Crippen molar-refractivity contribution in [2.24, 2.45) is 0 Å². The number of sulfonamides is 1. The van der Waals surface area contributed by atoms with Crippen molar-refractivity contribution in [1.29, 1.82) is 0 Å². The van der Waals surface area contributed by atoms with E-state index in [-0.39, 0.29) is 4.90 Å². The summed E-state index contributed by atoms with van der Waals surface area (Å²) >= 11 is 0. The van der Waals surface area contributed by atoms with Gasteiger partial charge in [-0.2, -0.15) is 0 Å². The zero-order valence-corrected chi connectivity index (χ0v) is 17.5. The van der Waals surface area contributed by atoms with Crippen molar-refractivity contribution < 1.29 is 18.3 Å². The minimum atomic E-state index is -3.74. The van der Waals surface area contributed by atoms with Crippen molar-refractivity contribution in [3.8, 4) is 0 Å². The lowest BCUT2D eigenvalue weighted by Gasteiger charge is -2.11. The van der Waals surface area contributed by atoms with Gasteiger partial charge in [-0.1, -0.05) is 66.7 Å². The van der Waals surface area contributed by atoms with Gasteiger partial charge in [0.2, 0.25) is 0 Å².